The minimum atomic E-state index is 0.589. The number of rotatable bonds is 9. The van der Waals surface area contributed by atoms with Gasteiger partial charge in [-0.15, -0.1) is 0 Å². The van der Waals surface area contributed by atoms with Crippen molar-refractivity contribution in [2.45, 2.75) is 71.8 Å². The second-order valence-electron chi connectivity index (χ2n) is 5.84. The third-order valence-electron chi connectivity index (χ3n) is 4.27. The molecule has 0 aromatic carbocycles. The van der Waals surface area contributed by atoms with Crippen LogP contribution < -0.4 is 5.32 Å². The molecule has 1 N–H and O–H groups in total. The summed E-state index contributed by atoms with van der Waals surface area (Å²) in [5.41, 5.74) is 0. The number of ether oxygens (including phenoxy) is 1. The predicted molar refractivity (Wildman–Crippen MR) is 78.9 cm³/mol. The number of hydrogen-bond acceptors (Lipinski definition) is 2. The van der Waals surface area contributed by atoms with Crippen LogP contribution in [0.15, 0.2) is 0 Å². The first kappa shape index (κ1) is 16.0. The molecule has 0 aromatic rings. The molecule has 0 spiro atoms. The summed E-state index contributed by atoms with van der Waals surface area (Å²) in [6.45, 7) is 9.72. The Hall–Kier alpha value is -0.0800. The minimum absolute atomic E-state index is 0.589. The summed E-state index contributed by atoms with van der Waals surface area (Å²) < 4.78 is 5.80. The highest BCUT2D eigenvalue weighted by atomic mass is 16.5. The van der Waals surface area contributed by atoms with Crippen LogP contribution >= 0.6 is 0 Å². The van der Waals surface area contributed by atoms with Crippen LogP contribution in [0, 0.1) is 11.8 Å². The summed E-state index contributed by atoms with van der Waals surface area (Å²) in [6, 6.07) is 0.589. The van der Waals surface area contributed by atoms with E-state index in [1.807, 2.05) is 0 Å². The molecule has 1 saturated carbocycles. The van der Waals surface area contributed by atoms with Crippen LogP contribution in [0.4, 0.5) is 0 Å². The van der Waals surface area contributed by atoms with Crippen molar-refractivity contribution in [3.05, 3.63) is 0 Å². The zero-order valence-corrected chi connectivity index (χ0v) is 12.7. The summed E-state index contributed by atoms with van der Waals surface area (Å²) in [6.07, 6.45) is 9.37. The Morgan fingerprint density at radius 1 is 1.17 bits per heavy atom. The van der Waals surface area contributed by atoms with Gasteiger partial charge in [-0.1, -0.05) is 40.0 Å². The van der Waals surface area contributed by atoms with E-state index in [0.717, 1.165) is 38.0 Å². The van der Waals surface area contributed by atoms with E-state index in [0.29, 0.717) is 6.04 Å². The molecule has 3 atom stereocenters. The summed E-state index contributed by atoms with van der Waals surface area (Å²) >= 11 is 0. The normalized spacial score (nSPS) is 26.2. The summed E-state index contributed by atoms with van der Waals surface area (Å²) in [7, 11) is 0. The molecular weight excluding hydrogens is 222 g/mol. The minimum Gasteiger partial charge on any atom is -0.380 e. The lowest BCUT2D eigenvalue weighted by atomic mass is 9.77. The smallest absolute Gasteiger partial charge is 0.0622 e. The monoisotopic (exact) mass is 255 g/mol. The Balaban J connectivity index is 2.40. The van der Waals surface area contributed by atoms with Crippen LogP contribution in [0.1, 0.15) is 65.7 Å². The molecule has 0 saturated heterocycles. The van der Waals surface area contributed by atoms with Crippen LogP contribution in [-0.4, -0.2) is 25.8 Å². The molecule has 0 aromatic heterocycles. The lowest BCUT2D eigenvalue weighted by Gasteiger charge is -2.34. The van der Waals surface area contributed by atoms with E-state index >= 15 is 0 Å². The van der Waals surface area contributed by atoms with E-state index < -0.39 is 0 Å². The summed E-state index contributed by atoms with van der Waals surface area (Å²) in [5, 5.41) is 3.72. The van der Waals surface area contributed by atoms with Crippen LogP contribution in [0.25, 0.3) is 0 Å². The molecule has 0 heterocycles. The average molecular weight is 255 g/mol. The molecule has 0 amide bonds. The summed E-state index contributed by atoms with van der Waals surface area (Å²) in [4.78, 5) is 0. The van der Waals surface area contributed by atoms with Gasteiger partial charge in [0.1, 0.15) is 0 Å². The molecule has 108 valence electrons. The first-order valence-corrected chi connectivity index (χ1v) is 8.12. The van der Waals surface area contributed by atoms with Crippen molar-refractivity contribution in [3.8, 4) is 0 Å². The number of nitrogens with one attached hydrogen (secondary N) is 1. The molecule has 18 heavy (non-hydrogen) atoms. The van der Waals surface area contributed by atoms with Gasteiger partial charge in [0.05, 0.1) is 6.61 Å². The number of hydrogen-bond donors (Lipinski definition) is 1. The molecule has 0 aliphatic heterocycles. The average Bonchev–Trinajstić information content (AvgIpc) is 2.42. The van der Waals surface area contributed by atoms with Gasteiger partial charge in [0, 0.05) is 12.6 Å². The van der Waals surface area contributed by atoms with Crippen LogP contribution in [-0.2, 0) is 4.74 Å². The van der Waals surface area contributed by atoms with Crippen molar-refractivity contribution in [2.75, 3.05) is 19.8 Å². The summed E-state index contributed by atoms with van der Waals surface area (Å²) in [5.74, 6) is 1.80. The molecule has 1 fully saturated rings. The third kappa shape index (κ3) is 5.71. The molecular formula is C16H33NO. The SMILES string of the molecule is CCCNC(COCCC)C1CCCC(CC)C1. The van der Waals surface area contributed by atoms with Gasteiger partial charge in [-0.05, 0) is 44.1 Å². The molecule has 1 aliphatic rings. The van der Waals surface area contributed by atoms with Crippen molar-refractivity contribution in [3.63, 3.8) is 0 Å². The van der Waals surface area contributed by atoms with Crippen molar-refractivity contribution < 1.29 is 4.74 Å². The first-order chi connectivity index (χ1) is 8.81. The fourth-order valence-electron chi connectivity index (χ4n) is 3.11. The van der Waals surface area contributed by atoms with Gasteiger partial charge in [0.15, 0.2) is 0 Å². The Labute approximate surface area is 114 Å². The molecule has 0 bridgehead atoms. The standard InChI is InChI=1S/C16H33NO/c1-4-10-17-16(13-18-11-5-2)15-9-7-8-14(6-3)12-15/h14-17H,4-13H2,1-3H3. The third-order valence-corrected chi connectivity index (χ3v) is 4.27. The maximum atomic E-state index is 5.80. The second kappa shape index (κ2) is 9.80. The highest BCUT2D eigenvalue weighted by Crippen LogP contribution is 2.33. The van der Waals surface area contributed by atoms with E-state index in [9.17, 15) is 0 Å². The van der Waals surface area contributed by atoms with Gasteiger partial charge in [0.2, 0.25) is 0 Å². The first-order valence-electron chi connectivity index (χ1n) is 8.12. The second-order valence-corrected chi connectivity index (χ2v) is 5.84. The Morgan fingerprint density at radius 3 is 2.67 bits per heavy atom. The zero-order chi connectivity index (χ0) is 13.2. The van der Waals surface area contributed by atoms with Crippen molar-refractivity contribution in [2.24, 2.45) is 11.8 Å². The Kier molecular flexibility index (Phi) is 8.70. The van der Waals surface area contributed by atoms with Crippen LogP contribution in [0.2, 0.25) is 0 Å². The van der Waals surface area contributed by atoms with Gasteiger partial charge >= 0.3 is 0 Å². The van der Waals surface area contributed by atoms with Crippen molar-refractivity contribution >= 4 is 0 Å². The van der Waals surface area contributed by atoms with Gasteiger partial charge in [-0.25, -0.2) is 0 Å². The van der Waals surface area contributed by atoms with Crippen molar-refractivity contribution in [1.29, 1.82) is 0 Å². The van der Waals surface area contributed by atoms with Crippen molar-refractivity contribution in [1.82, 2.24) is 5.32 Å². The van der Waals surface area contributed by atoms with Gasteiger partial charge in [0.25, 0.3) is 0 Å². The molecule has 0 radical (unpaired) electrons. The van der Waals surface area contributed by atoms with Crippen LogP contribution in [0.3, 0.4) is 0 Å². The highest BCUT2D eigenvalue weighted by Gasteiger charge is 2.27. The maximum Gasteiger partial charge on any atom is 0.0622 e. The zero-order valence-electron chi connectivity index (χ0n) is 12.7. The lowest BCUT2D eigenvalue weighted by Crippen LogP contribution is -2.42. The predicted octanol–water partition coefficient (Wildman–Crippen LogP) is 4.00. The molecule has 3 unspecified atom stereocenters. The van der Waals surface area contributed by atoms with E-state index in [-0.39, 0.29) is 0 Å². The highest BCUT2D eigenvalue weighted by molar-refractivity contribution is 4.82. The molecule has 2 heteroatoms. The Morgan fingerprint density at radius 2 is 2.00 bits per heavy atom. The van der Waals surface area contributed by atoms with E-state index in [1.54, 1.807) is 0 Å². The van der Waals surface area contributed by atoms with E-state index in [1.165, 1.54) is 38.5 Å². The maximum absolute atomic E-state index is 5.80. The fraction of sp³-hybridized carbons (Fsp3) is 1.00. The van der Waals surface area contributed by atoms with E-state index in [4.69, 9.17) is 4.74 Å². The topological polar surface area (TPSA) is 21.3 Å². The van der Waals surface area contributed by atoms with Crippen LogP contribution in [0.5, 0.6) is 0 Å². The Bertz CT molecular complexity index is 196. The quantitative estimate of drug-likeness (QED) is 0.629. The lowest BCUT2D eigenvalue weighted by molar-refractivity contribution is 0.0773. The molecule has 1 aliphatic carbocycles. The molecule has 2 nitrogen and oxygen atoms in total. The molecule has 1 rings (SSSR count). The van der Waals surface area contributed by atoms with Gasteiger partial charge in [-0.3, -0.25) is 0 Å². The van der Waals surface area contributed by atoms with E-state index in [2.05, 4.69) is 26.1 Å². The fourth-order valence-corrected chi connectivity index (χ4v) is 3.11. The largest absolute Gasteiger partial charge is 0.380 e. The van der Waals surface area contributed by atoms with Gasteiger partial charge < -0.3 is 10.1 Å². The van der Waals surface area contributed by atoms with Gasteiger partial charge in [-0.2, -0.15) is 0 Å².